The van der Waals surface area contributed by atoms with Gasteiger partial charge >= 0.3 is 0 Å². The van der Waals surface area contributed by atoms with Crippen molar-refractivity contribution in [2.75, 3.05) is 19.6 Å². The van der Waals surface area contributed by atoms with Crippen molar-refractivity contribution in [1.29, 1.82) is 5.41 Å². The number of hydrogen-bond acceptors (Lipinski definition) is 6. The topological polar surface area (TPSA) is 121 Å². The molecular weight excluding hydrogens is 374 g/mol. The summed E-state index contributed by atoms with van der Waals surface area (Å²) in [6.45, 7) is 10.7. The fourth-order valence-corrected chi connectivity index (χ4v) is 4.51. The first-order valence-electron chi connectivity index (χ1n) is 10.9. The molecule has 2 heterocycles. The zero-order valence-electron chi connectivity index (χ0n) is 18.6. The predicted octanol–water partition coefficient (Wildman–Crippen LogP) is 3.13. The SMILES string of the molecule is CCCc1c(-c2cn[nH]c2C)nc2c(c1C)C(C=N)C(N)C=C2N(CCC)CCN. The summed E-state index contributed by atoms with van der Waals surface area (Å²) in [7, 11) is 0. The molecule has 2 aromatic heterocycles. The summed E-state index contributed by atoms with van der Waals surface area (Å²) in [5.41, 5.74) is 21.0. The third-order valence-electron chi connectivity index (χ3n) is 5.96. The Bertz CT molecular complexity index is 922. The minimum atomic E-state index is -0.251. The van der Waals surface area contributed by atoms with Crippen LogP contribution in [0.15, 0.2) is 12.3 Å². The molecule has 1 aliphatic carbocycles. The van der Waals surface area contributed by atoms with E-state index in [1.54, 1.807) is 0 Å². The second-order valence-electron chi connectivity index (χ2n) is 8.08. The highest BCUT2D eigenvalue weighted by Gasteiger charge is 2.33. The molecule has 0 aliphatic heterocycles. The fourth-order valence-electron chi connectivity index (χ4n) is 4.51. The molecule has 0 fully saturated rings. The lowest BCUT2D eigenvalue weighted by atomic mass is 9.80. The lowest BCUT2D eigenvalue weighted by molar-refractivity contribution is 0.400. The maximum Gasteiger partial charge on any atom is 0.0910 e. The van der Waals surface area contributed by atoms with Crippen molar-refractivity contribution in [2.24, 2.45) is 11.5 Å². The summed E-state index contributed by atoms with van der Waals surface area (Å²) in [6, 6.07) is -0.251. The maximum atomic E-state index is 8.08. The third kappa shape index (κ3) is 3.91. The predicted molar refractivity (Wildman–Crippen MR) is 124 cm³/mol. The molecule has 7 heteroatoms. The number of nitrogens with one attached hydrogen (secondary N) is 2. The van der Waals surface area contributed by atoms with Gasteiger partial charge in [-0.2, -0.15) is 5.10 Å². The van der Waals surface area contributed by atoms with Crippen LogP contribution in [-0.2, 0) is 6.42 Å². The number of nitrogens with zero attached hydrogens (tertiary/aromatic N) is 3. The molecule has 0 radical (unpaired) electrons. The van der Waals surface area contributed by atoms with Gasteiger partial charge in [-0.05, 0) is 49.5 Å². The van der Waals surface area contributed by atoms with Gasteiger partial charge in [-0.25, -0.2) is 4.98 Å². The van der Waals surface area contributed by atoms with E-state index in [2.05, 4.69) is 41.9 Å². The van der Waals surface area contributed by atoms with E-state index in [-0.39, 0.29) is 12.0 Å². The molecule has 2 aromatic rings. The molecule has 0 amide bonds. The van der Waals surface area contributed by atoms with Gasteiger partial charge in [-0.3, -0.25) is 5.10 Å². The molecule has 3 rings (SSSR count). The number of H-pyrrole nitrogens is 1. The van der Waals surface area contributed by atoms with Gasteiger partial charge in [0.1, 0.15) is 0 Å². The molecular formula is C23H35N7. The largest absolute Gasteiger partial charge is 0.369 e. The first kappa shape index (κ1) is 22.2. The fraction of sp³-hybridized carbons (Fsp3) is 0.522. The van der Waals surface area contributed by atoms with E-state index in [0.29, 0.717) is 6.54 Å². The molecule has 162 valence electrons. The molecule has 7 nitrogen and oxygen atoms in total. The van der Waals surface area contributed by atoms with Crippen LogP contribution in [0.2, 0.25) is 0 Å². The Labute approximate surface area is 179 Å². The molecule has 0 spiro atoms. The van der Waals surface area contributed by atoms with E-state index in [0.717, 1.165) is 66.3 Å². The molecule has 0 saturated carbocycles. The summed E-state index contributed by atoms with van der Waals surface area (Å²) in [4.78, 5) is 7.51. The third-order valence-corrected chi connectivity index (χ3v) is 5.96. The lowest BCUT2D eigenvalue weighted by Gasteiger charge is -2.36. The van der Waals surface area contributed by atoms with Crippen molar-refractivity contribution >= 4 is 11.9 Å². The minimum absolute atomic E-state index is 0.173. The quantitative estimate of drug-likeness (QED) is 0.474. The molecule has 2 atom stereocenters. The number of hydrogen-bond donors (Lipinski definition) is 4. The van der Waals surface area contributed by atoms with Gasteiger partial charge in [0.05, 0.1) is 23.3 Å². The van der Waals surface area contributed by atoms with E-state index in [9.17, 15) is 0 Å². The van der Waals surface area contributed by atoms with Crippen molar-refractivity contribution in [2.45, 2.75) is 58.9 Å². The first-order chi connectivity index (χ1) is 14.5. The molecule has 0 aromatic carbocycles. The molecule has 2 unspecified atom stereocenters. The van der Waals surface area contributed by atoms with Crippen LogP contribution in [0, 0.1) is 19.3 Å². The van der Waals surface area contributed by atoms with Crippen molar-refractivity contribution in [3.8, 4) is 11.3 Å². The van der Waals surface area contributed by atoms with Crippen LogP contribution in [0.4, 0.5) is 0 Å². The van der Waals surface area contributed by atoms with E-state index in [1.165, 1.54) is 17.3 Å². The van der Waals surface area contributed by atoms with Crippen LogP contribution in [0.5, 0.6) is 0 Å². The molecule has 1 aliphatic rings. The summed E-state index contributed by atoms with van der Waals surface area (Å²) in [5, 5.41) is 15.4. The Morgan fingerprint density at radius 3 is 2.53 bits per heavy atom. The van der Waals surface area contributed by atoms with Gasteiger partial charge < -0.3 is 21.8 Å². The molecule has 0 bridgehead atoms. The van der Waals surface area contributed by atoms with Gasteiger partial charge in [-0.15, -0.1) is 0 Å². The van der Waals surface area contributed by atoms with Crippen LogP contribution < -0.4 is 11.5 Å². The summed E-state index contributed by atoms with van der Waals surface area (Å²) in [5.74, 6) is -0.173. The van der Waals surface area contributed by atoms with Crippen molar-refractivity contribution in [1.82, 2.24) is 20.1 Å². The van der Waals surface area contributed by atoms with Crippen LogP contribution in [-0.4, -0.2) is 52.0 Å². The number of aromatic nitrogens is 3. The maximum absolute atomic E-state index is 8.08. The monoisotopic (exact) mass is 409 g/mol. The smallest absolute Gasteiger partial charge is 0.0910 e. The summed E-state index contributed by atoms with van der Waals surface area (Å²) >= 11 is 0. The highest BCUT2D eigenvalue weighted by molar-refractivity contribution is 5.81. The zero-order valence-corrected chi connectivity index (χ0v) is 18.6. The molecule has 6 N–H and O–H groups in total. The van der Waals surface area contributed by atoms with Gasteiger partial charge in [0.2, 0.25) is 0 Å². The van der Waals surface area contributed by atoms with Crippen LogP contribution >= 0.6 is 0 Å². The van der Waals surface area contributed by atoms with Gasteiger partial charge in [0.15, 0.2) is 0 Å². The van der Waals surface area contributed by atoms with Crippen LogP contribution in [0.3, 0.4) is 0 Å². The summed E-state index contributed by atoms with van der Waals surface area (Å²) < 4.78 is 0. The number of aryl methyl sites for hydroxylation is 1. The van der Waals surface area contributed by atoms with Gasteiger partial charge in [0.25, 0.3) is 0 Å². The average molecular weight is 410 g/mol. The standard InChI is InChI=1S/C23H35N7/c1-5-7-16-14(3)21-17(12-25)19(26)11-20(30(9-6-2)10-8-24)23(21)28-22(16)18-13-27-29-15(18)4/h11-13,17,19,25H,5-10,24,26H2,1-4H3,(H,27,29). The van der Waals surface area contributed by atoms with E-state index in [1.807, 2.05) is 13.1 Å². The van der Waals surface area contributed by atoms with Gasteiger partial charge in [-0.1, -0.05) is 20.3 Å². The second kappa shape index (κ2) is 9.53. The van der Waals surface area contributed by atoms with E-state index in [4.69, 9.17) is 21.9 Å². The minimum Gasteiger partial charge on any atom is -0.369 e. The van der Waals surface area contributed by atoms with Crippen molar-refractivity contribution < 1.29 is 0 Å². The number of rotatable bonds is 9. The lowest BCUT2D eigenvalue weighted by Crippen LogP contribution is -2.38. The van der Waals surface area contributed by atoms with Crippen molar-refractivity contribution in [3.63, 3.8) is 0 Å². The average Bonchev–Trinajstić information content (AvgIpc) is 3.15. The zero-order chi connectivity index (χ0) is 21.8. The number of nitrogens with two attached hydrogens (primary N) is 2. The van der Waals surface area contributed by atoms with Gasteiger partial charge in [0, 0.05) is 49.1 Å². The number of aromatic amines is 1. The Kier molecular flexibility index (Phi) is 7.05. The first-order valence-corrected chi connectivity index (χ1v) is 10.9. The Balaban J connectivity index is 2.31. The number of fused-ring (bicyclic) bond motifs is 1. The highest BCUT2D eigenvalue weighted by Crippen LogP contribution is 2.40. The molecule has 30 heavy (non-hydrogen) atoms. The second-order valence-corrected chi connectivity index (χ2v) is 8.08. The van der Waals surface area contributed by atoms with Crippen LogP contribution in [0.1, 0.15) is 60.7 Å². The Hall–Kier alpha value is -2.51. The normalized spacial score (nSPS) is 18.1. The Morgan fingerprint density at radius 1 is 1.20 bits per heavy atom. The number of pyridine rings is 1. The van der Waals surface area contributed by atoms with E-state index < -0.39 is 0 Å². The van der Waals surface area contributed by atoms with Crippen LogP contribution in [0.25, 0.3) is 17.0 Å². The summed E-state index contributed by atoms with van der Waals surface area (Å²) in [6.07, 6.45) is 8.35. The van der Waals surface area contributed by atoms with E-state index >= 15 is 0 Å². The van der Waals surface area contributed by atoms with Crippen molar-refractivity contribution in [3.05, 3.63) is 40.4 Å². The molecule has 0 saturated heterocycles. The Morgan fingerprint density at radius 2 is 1.97 bits per heavy atom. The highest BCUT2D eigenvalue weighted by atomic mass is 15.2.